The molecule has 1 amide bonds. The number of carbonyl (C=O) groups is 1. The number of likely N-dealkylation sites (tertiary alicyclic amines) is 1. The van der Waals surface area contributed by atoms with Crippen molar-refractivity contribution in [2.75, 3.05) is 6.54 Å². The first-order chi connectivity index (χ1) is 14.3. The number of nitrogens with one attached hydrogen (secondary N) is 1. The Bertz CT molecular complexity index is 1020. The summed E-state index contributed by atoms with van der Waals surface area (Å²) in [7, 11) is 0. The fourth-order valence-electron chi connectivity index (χ4n) is 3.86. The van der Waals surface area contributed by atoms with Crippen LogP contribution in [0.5, 0.6) is 0 Å². The quantitative estimate of drug-likeness (QED) is 0.792. The second-order valence-corrected chi connectivity index (χ2v) is 8.45. The van der Waals surface area contributed by atoms with Gasteiger partial charge in [0.25, 0.3) is 11.5 Å². The number of amides is 1. The zero-order valence-electron chi connectivity index (χ0n) is 17.7. The van der Waals surface area contributed by atoms with E-state index < -0.39 is 0 Å². The topological polar surface area (TPSA) is 77.0 Å². The van der Waals surface area contributed by atoms with Gasteiger partial charge in [-0.15, -0.1) is 0 Å². The summed E-state index contributed by atoms with van der Waals surface area (Å²) in [5.74, 6) is 0.802. The maximum absolute atomic E-state index is 13.5. The Morgan fingerprint density at radius 3 is 2.57 bits per heavy atom. The molecule has 2 heterocycles. The number of halogens is 1. The van der Waals surface area contributed by atoms with Crippen LogP contribution in [0.15, 0.2) is 35.3 Å². The lowest BCUT2D eigenvalue weighted by Gasteiger charge is -2.37. The van der Waals surface area contributed by atoms with E-state index in [1.54, 1.807) is 25.1 Å². The lowest BCUT2D eigenvalue weighted by atomic mass is 9.93. The molecule has 5 nitrogen and oxygen atoms in total. The molecule has 4 rings (SSSR count). The second-order valence-electron chi connectivity index (χ2n) is 8.45. The Kier molecular flexibility index (Phi) is 6.71. The van der Waals surface area contributed by atoms with Gasteiger partial charge in [-0.05, 0) is 81.2 Å². The SMILES string of the molecule is C[C@@H]1CC[C@@H](C)N(C(=O)c2ccc(F)cc2C2CC2)C1.Cc1c(C#N)cc[nH]c1=O. The van der Waals surface area contributed by atoms with Crippen molar-refractivity contribution in [1.29, 1.82) is 5.26 Å². The molecule has 0 unspecified atom stereocenters. The smallest absolute Gasteiger partial charge is 0.254 e. The highest BCUT2D eigenvalue weighted by molar-refractivity contribution is 5.96. The fraction of sp³-hybridized carbons (Fsp3) is 0.458. The summed E-state index contributed by atoms with van der Waals surface area (Å²) in [5, 5.41) is 8.44. The Hall–Kier alpha value is -2.94. The molecule has 1 saturated heterocycles. The standard InChI is InChI=1S/C17H22FNO.C7H6N2O/c1-11-3-4-12(2)19(10-11)17(20)15-8-7-14(18)9-16(15)13-5-6-13;1-5-6(4-8)2-3-9-7(5)10/h7-9,11-13H,3-6,10H2,1-2H3;2-3H,1H3,(H,9,10)/t11-,12-;/m1./s1. The van der Waals surface area contributed by atoms with Crippen molar-refractivity contribution in [3.63, 3.8) is 0 Å². The van der Waals surface area contributed by atoms with E-state index in [2.05, 4.69) is 18.8 Å². The molecule has 2 aromatic rings. The van der Waals surface area contributed by atoms with Crippen molar-refractivity contribution in [2.45, 2.75) is 58.4 Å². The minimum absolute atomic E-state index is 0.0888. The van der Waals surface area contributed by atoms with Crippen LogP contribution in [0.25, 0.3) is 0 Å². The van der Waals surface area contributed by atoms with Crippen LogP contribution in [0.1, 0.15) is 72.5 Å². The average Bonchev–Trinajstić information content (AvgIpc) is 3.57. The van der Waals surface area contributed by atoms with Crippen LogP contribution in [0.4, 0.5) is 4.39 Å². The van der Waals surface area contributed by atoms with Gasteiger partial charge in [-0.3, -0.25) is 9.59 Å². The van der Waals surface area contributed by atoms with Crippen LogP contribution in [0.2, 0.25) is 0 Å². The molecule has 6 heteroatoms. The first kappa shape index (κ1) is 21.8. The van der Waals surface area contributed by atoms with Crippen molar-refractivity contribution in [3.05, 3.63) is 68.9 Å². The molecule has 2 aliphatic rings. The normalized spacial score (nSPS) is 20.7. The van der Waals surface area contributed by atoms with Crippen LogP contribution < -0.4 is 5.56 Å². The third-order valence-electron chi connectivity index (χ3n) is 5.97. The number of piperidine rings is 1. The van der Waals surface area contributed by atoms with Crippen molar-refractivity contribution in [3.8, 4) is 6.07 Å². The molecule has 0 spiro atoms. The molecule has 1 aliphatic heterocycles. The van der Waals surface area contributed by atoms with Crippen molar-refractivity contribution >= 4 is 5.91 Å². The number of nitrogens with zero attached hydrogens (tertiary/aromatic N) is 2. The zero-order valence-corrected chi connectivity index (χ0v) is 17.7. The van der Waals surface area contributed by atoms with Gasteiger partial charge in [0.05, 0.1) is 11.6 Å². The molecular formula is C24H28FN3O2. The van der Waals surface area contributed by atoms with E-state index in [1.165, 1.54) is 18.7 Å². The monoisotopic (exact) mass is 409 g/mol. The molecule has 1 aromatic heterocycles. The van der Waals surface area contributed by atoms with Gasteiger partial charge in [-0.2, -0.15) is 5.26 Å². The molecule has 1 aromatic carbocycles. The van der Waals surface area contributed by atoms with E-state index in [-0.39, 0.29) is 23.3 Å². The van der Waals surface area contributed by atoms with E-state index in [0.29, 0.717) is 23.0 Å². The summed E-state index contributed by atoms with van der Waals surface area (Å²) in [6, 6.07) is 8.43. The zero-order chi connectivity index (χ0) is 21.8. The van der Waals surface area contributed by atoms with Crippen LogP contribution in [-0.2, 0) is 0 Å². The number of hydrogen-bond donors (Lipinski definition) is 1. The lowest BCUT2D eigenvalue weighted by molar-refractivity contribution is 0.0573. The fourth-order valence-corrected chi connectivity index (χ4v) is 3.86. The minimum Gasteiger partial charge on any atom is -0.336 e. The molecule has 1 saturated carbocycles. The Labute approximate surface area is 176 Å². The van der Waals surface area contributed by atoms with Gasteiger partial charge in [0, 0.05) is 29.9 Å². The van der Waals surface area contributed by atoms with E-state index >= 15 is 0 Å². The van der Waals surface area contributed by atoms with E-state index in [9.17, 15) is 14.0 Å². The third kappa shape index (κ3) is 4.96. The number of nitriles is 1. The van der Waals surface area contributed by atoms with E-state index in [4.69, 9.17) is 5.26 Å². The molecule has 1 aliphatic carbocycles. The summed E-state index contributed by atoms with van der Waals surface area (Å²) in [5.41, 5.74) is 2.35. The molecule has 158 valence electrons. The average molecular weight is 410 g/mol. The largest absolute Gasteiger partial charge is 0.336 e. The first-order valence-electron chi connectivity index (χ1n) is 10.5. The number of hydrogen-bond acceptors (Lipinski definition) is 3. The van der Waals surface area contributed by atoms with Gasteiger partial charge in [0.2, 0.25) is 0 Å². The number of rotatable bonds is 2. The van der Waals surface area contributed by atoms with Crippen molar-refractivity contribution < 1.29 is 9.18 Å². The van der Waals surface area contributed by atoms with Gasteiger partial charge >= 0.3 is 0 Å². The predicted octanol–water partition coefficient (Wildman–Crippen LogP) is 4.52. The van der Waals surface area contributed by atoms with Gasteiger partial charge in [0.15, 0.2) is 0 Å². The summed E-state index contributed by atoms with van der Waals surface area (Å²) >= 11 is 0. The third-order valence-corrected chi connectivity index (χ3v) is 5.97. The molecule has 2 atom stereocenters. The first-order valence-corrected chi connectivity index (χ1v) is 10.5. The molecule has 0 radical (unpaired) electrons. The van der Waals surface area contributed by atoms with Crippen LogP contribution in [0, 0.1) is 30.0 Å². The predicted molar refractivity (Wildman–Crippen MR) is 114 cm³/mol. The Morgan fingerprint density at radius 1 is 1.20 bits per heavy atom. The number of carbonyl (C=O) groups excluding carboxylic acids is 1. The molecule has 30 heavy (non-hydrogen) atoms. The van der Waals surface area contributed by atoms with Gasteiger partial charge in [-0.1, -0.05) is 6.92 Å². The maximum Gasteiger partial charge on any atom is 0.254 e. The maximum atomic E-state index is 13.5. The van der Waals surface area contributed by atoms with Crippen LogP contribution in [0.3, 0.4) is 0 Å². The number of H-pyrrole nitrogens is 1. The van der Waals surface area contributed by atoms with Crippen LogP contribution >= 0.6 is 0 Å². The van der Waals surface area contributed by atoms with Gasteiger partial charge in [-0.25, -0.2) is 4.39 Å². The number of benzene rings is 1. The molecule has 2 fully saturated rings. The lowest BCUT2D eigenvalue weighted by Crippen LogP contribution is -2.45. The minimum atomic E-state index is -0.233. The highest BCUT2D eigenvalue weighted by Gasteiger charge is 2.33. The van der Waals surface area contributed by atoms with Crippen LogP contribution in [-0.4, -0.2) is 28.4 Å². The van der Waals surface area contributed by atoms with Gasteiger partial charge in [0.1, 0.15) is 5.82 Å². The Balaban J connectivity index is 0.000000216. The van der Waals surface area contributed by atoms with E-state index in [1.807, 2.05) is 11.0 Å². The van der Waals surface area contributed by atoms with Gasteiger partial charge < -0.3 is 9.88 Å². The number of aromatic nitrogens is 1. The Morgan fingerprint density at radius 2 is 1.93 bits per heavy atom. The second kappa shape index (κ2) is 9.25. The number of aromatic amines is 1. The van der Waals surface area contributed by atoms with Crippen molar-refractivity contribution in [2.24, 2.45) is 5.92 Å². The molecule has 0 bridgehead atoms. The molecule has 1 N–H and O–H groups in total. The summed E-state index contributed by atoms with van der Waals surface area (Å²) in [6.07, 6.45) is 5.87. The number of pyridine rings is 1. The molecular weight excluding hydrogens is 381 g/mol. The van der Waals surface area contributed by atoms with E-state index in [0.717, 1.165) is 36.9 Å². The summed E-state index contributed by atoms with van der Waals surface area (Å²) < 4.78 is 13.5. The summed E-state index contributed by atoms with van der Waals surface area (Å²) in [6.45, 7) is 6.75. The summed E-state index contributed by atoms with van der Waals surface area (Å²) in [4.78, 5) is 28.1. The van der Waals surface area contributed by atoms with Crippen molar-refractivity contribution in [1.82, 2.24) is 9.88 Å². The highest BCUT2D eigenvalue weighted by Crippen LogP contribution is 2.42. The highest BCUT2D eigenvalue weighted by atomic mass is 19.1.